The number of nitrogens with one attached hydrogen (secondary N) is 1. The smallest absolute Gasteiger partial charge is 0.256 e. The van der Waals surface area contributed by atoms with Gasteiger partial charge in [0, 0.05) is 18.8 Å². The first-order valence-corrected chi connectivity index (χ1v) is 6.08. The quantitative estimate of drug-likeness (QED) is 0.810. The van der Waals surface area contributed by atoms with Gasteiger partial charge in [-0.1, -0.05) is 0 Å². The zero-order valence-electron chi connectivity index (χ0n) is 11.7. The molecule has 2 aromatic rings. The SMILES string of the molecule is COc1ccc(C(=O)N(C)Cc2n[nH]c(C)n2)c(N)c1. The summed E-state index contributed by atoms with van der Waals surface area (Å²) >= 11 is 0. The Bertz CT molecular complexity index is 623. The molecule has 0 fully saturated rings. The first-order valence-electron chi connectivity index (χ1n) is 6.08. The van der Waals surface area contributed by atoms with Crippen molar-refractivity contribution in [2.24, 2.45) is 0 Å². The lowest BCUT2D eigenvalue weighted by atomic mass is 10.1. The Morgan fingerprint density at radius 3 is 2.80 bits per heavy atom. The fourth-order valence-electron chi connectivity index (χ4n) is 1.81. The fourth-order valence-corrected chi connectivity index (χ4v) is 1.81. The number of nitrogen functional groups attached to an aromatic ring is 1. The number of aryl methyl sites for hydroxylation is 1. The highest BCUT2D eigenvalue weighted by atomic mass is 16.5. The number of ether oxygens (including phenoxy) is 1. The Labute approximate surface area is 116 Å². The zero-order chi connectivity index (χ0) is 14.7. The third-order valence-corrected chi connectivity index (χ3v) is 2.86. The summed E-state index contributed by atoms with van der Waals surface area (Å²) in [6.45, 7) is 2.12. The highest BCUT2D eigenvalue weighted by Crippen LogP contribution is 2.21. The van der Waals surface area contributed by atoms with Crippen LogP contribution in [0.4, 0.5) is 5.69 Å². The van der Waals surface area contributed by atoms with E-state index >= 15 is 0 Å². The lowest BCUT2D eigenvalue weighted by molar-refractivity contribution is 0.0782. The van der Waals surface area contributed by atoms with E-state index < -0.39 is 0 Å². The molecular weight excluding hydrogens is 258 g/mol. The molecule has 0 saturated heterocycles. The van der Waals surface area contributed by atoms with Gasteiger partial charge in [0.1, 0.15) is 11.6 Å². The number of aromatic amines is 1. The monoisotopic (exact) mass is 275 g/mol. The highest BCUT2D eigenvalue weighted by molar-refractivity contribution is 5.99. The van der Waals surface area contributed by atoms with Gasteiger partial charge in [-0.3, -0.25) is 9.89 Å². The van der Waals surface area contributed by atoms with Crippen molar-refractivity contribution in [2.75, 3.05) is 19.9 Å². The van der Waals surface area contributed by atoms with Crippen LogP contribution in [-0.2, 0) is 6.54 Å². The van der Waals surface area contributed by atoms with E-state index in [2.05, 4.69) is 15.2 Å². The zero-order valence-corrected chi connectivity index (χ0v) is 11.7. The van der Waals surface area contributed by atoms with Gasteiger partial charge in [0.05, 0.1) is 19.2 Å². The largest absolute Gasteiger partial charge is 0.497 e. The van der Waals surface area contributed by atoms with Crippen LogP contribution in [0.2, 0.25) is 0 Å². The average Bonchev–Trinajstić information content (AvgIpc) is 2.83. The van der Waals surface area contributed by atoms with Crippen LogP contribution < -0.4 is 10.5 Å². The number of anilines is 1. The number of hydrogen-bond acceptors (Lipinski definition) is 5. The van der Waals surface area contributed by atoms with Crippen molar-refractivity contribution in [1.29, 1.82) is 0 Å². The number of methoxy groups -OCH3 is 1. The van der Waals surface area contributed by atoms with E-state index in [1.54, 1.807) is 39.3 Å². The molecule has 7 heteroatoms. The van der Waals surface area contributed by atoms with E-state index in [1.807, 2.05) is 0 Å². The fraction of sp³-hybridized carbons (Fsp3) is 0.308. The van der Waals surface area contributed by atoms with E-state index in [0.29, 0.717) is 35.2 Å². The first kappa shape index (κ1) is 13.9. The van der Waals surface area contributed by atoms with E-state index in [0.717, 1.165) is 0 Å². The van der Waals surface area contributed by atoms with Gasteiger partial charge in [-0.15, -0.1) is 0 Å². The van der Waals surface area contributed by atoms with Crippen molar-refractivity contribution < 1.29 is 9.53 Å². The molecule has 1 aromatic carbocycles. The number of carbonyl (C=O) groups is 1. The van der Waals surface area contributed by atoms with Gasteiger partial charge in [-0.25, -0.2) is 4.98 Å². The maximum atomic E-state index is 12.3. The van der Waals surface area contributed by atoms with Gasteiger partial charge in [-0.2, -0.15) is 5.10 Å². The second kappa shape index (κ2) is 5.60. The molecule has 0 aliphatic heterocycles. The van der Waals surface area contributed by atoms with Crippen LogP contribution in [0.15, 0.2) is 18.2 Å². The summed E-state index contributed by atoms with van der Waals surface area (Å²) in [6, 6.07) is 4.97. The third-order valence-electron chi connectivity index (χ3n) is 2.86. The van der Waals surface area contributed by atoms with Gasteiger partial charge >= 0.3 is 0 Å². The molecule has 1 aromatic heterocycles. The van der Waals surface area contributed by atoms with Gasteiger partial charge < -0.3 is 15.4 Å². The Balaban J connectivity index is 2.14. The topological polar surface area (TPSA) is 97.1 Å². The molecule has 0 atom stereocenters. The molecule has 0 radical (unpaired) electrons. The Morgan fingerprint density at radius 2 is 2.25 bits per heavy atom. The average molecular weight is 275 g/mol. The normalized spacial score (nSPS) is 10.3. The molecule has 0 aliphatic carbocycles. The summed E-state index contributed by atoms with van der Waals surface area (Å²) in [4.78, 5) is 18.0. The Kier molecular flexibility index (Phi) is 3.88. The van der Waals surface area contributed by atoms with Gasteiger partial charge in [0.2, 0.25) is 0 Å². The molecule has 0 bridgehead atoms. The molecule has 7 nitrogen and oxygen atoms in total. The van der Waals surface area contributed by atoms with Crippen LogP contribution in [0.1, 0.15) is 22.0 Å². The summed E-state index contributed by atoms with van der Waals surface area (Å²) in [5.74, 6) is 1.70. The van der Waals surface area contributed by atoms with Crippen LogP contribution in [0, 0.1) is 6.92 Å². The van der Waals surface area contributed by atoms with E-state index in [1.165, 1.54) is 4.90 Å². The lowest BCUT2D eigenvalue weighted by Crippen LogP contribution is -2.27. The van der Waals surface area contributed by atoms with Gasteiger partial charge in [0.15, 0.2) is 5.82 Å². The second-order valence-electron chi connectivity index (χ2n) is 4.45. The second-order valence-corrected chi connectivity index (χ2v) is 4.45. The molecule has 0 spiro atoms. The van der Waals surface area contributed by atoms with Crippen molar-refractivity contribution >= 4 is 11.6 Å². The molecule has 2 rings (SSSR count). The molecule has 0 saturated carbocycles. The number of rotatable bonds is 4. The van der Waals surface area contributed by atoms with Gasteiger partial charge in [0.25, 0.3) is 5.91 Å². The first-order chi connectivity index (χ1) is 9.51. The van der Waals surface area contributed by atoms with Crippen LogP contribution in [0.5, 0.6) is 5.75 Å². The molecule has 0 unspecified atom stereocenters. The van der Waals surface area contributed by atoms with Crippen LogP contribution in [0.3, 0.4) is 0 Å². The number of benzene rings is 1. The summed E-state index contributed by atoms with van der Waals surface area (Å²) in [5, 5.41) is 6.74. The standard InChI is InChI=1S/C13H17N5O2/c1-8-15-12(17-16-8)7-18(2)13(19)10-5-4-9(20-3)6-11(10)14/h4-6H,7,14H2,1-3H3,(H,15,16,17). The maximum absolute atomic E-state index is 12.3. The summed E-state index contributed by atoms with van der Waals surface area (Å²) < 4.78 is 5.06. The Hall–Kier alpha value is -2.57. The molecule has 0 aliphatic rings. The van der Waals surface area contributed by atoms with Crippen LogP contribution in [0.25, 0.3) is 0 Å². The molecule has 1 amide bonds. The number of carbonyl (C=O) groups excluding carboxylic acids is 1. The van der Waals surface area contributed by atoms with E-state index in [4.69, 9.17) is 10.5 Å². The van der Waals surface area contributed by atoms with Crippen molar-refractivity contribution in [2.45, 2.75) is 13.5 Å². The number of amides is 1. The number of hydrogen-bond donors (Lipinski definition) is 2. The van der Waals surface area contributed by atoms with Crippen molar-refractivity contribution in [3.05, 3.63) is 35.4 Å². The molecule has 3 N–H and O–H groups in total. The van der Waals surface area contributed by atoms with E-state index in [-0.39, 0.29) is 5.91 Å². The number of nitrogens with zero attached hydrogens (tertiary/aromatic N) is 3. The minimum Gasteiger partial charge on any atom is -0.497 e. The maximum Gasteiger partial charge on any atom is 0.256 e. The van der Waals surface area contributed by atoms with E-state index in [9.17, 15) is 4.79 Å². The van der Waals surface area contributed by atoms with Crippen molar-refractivity contribution in [1.82, 2.24) is 20.1 Å². The minimum absolute atomic E-state index is 0.187. The van der Waals surface area contributed by atoms with Crippen LogP contribution in [-0.4, -0.2) is 40.1 Å². The number of aromatic nitrogens is 3. The summed E-state index contributed by atoms with van der Waals surface area (Å²) in [5.41, 5.74) is 6.68. The summed E-state index contributed by atoms with van der Waals surface area (Å²) in [6.07, 6.45) is 0. The molecule has 1 heterocycles. The number of nitrogens with two attached hydrogens (primary N) is 1. The van der Waals surface area contributed by atoms with Crippen LogP contribution >= 0.6 is 0 Å². The minimum atomic E-state index is -0.187. The highest BCUT2D eigenvalue weighted by Gasteiger charge is 2.16. The molecular formula is C13H17N5O2. The predicted octanol–water partition coefficient (Wildman–Crippen LogP) is 0.976. The van der Waals surface area contributed by atoms with Gasteiger partial charge in [-0.05, 0) is 19.1 Å². The summed E-state index contributed by atoms with van der Waals surface area (Å²) in [7, 11) is 3.23. The predicted molar refractivity (Wildman–Crippen MR) is 74.3 cm³/mol. The molecule has 106 valence electrons. The Morgan fingerprint density at radius 1 is 1.50 bits per heavy atom. The van der Waals surface area contributed by atoms with Crippen molar-refractivity contribution in [3.63, 3.8) is 0 Å². The molecule has 20 heavy (non-hydrogen) atoms. The van der Waals surface area contributed by atoms with Crippen molar-refractivity contribution in [3.8, 4) is 5.75 Å². The third kappa shape index (κ3) is 2.87. The number of H-pyrrole nitrogens is 1. The lowest BCUT2D eigenvalue weighted by Gasteiger charge is -2.16.